The highest BCUT2D eigenvalue weighted by atomic mass is 16.5. The molecule has 0 aliphatic carbocycles. The molecule has 0 aliphatic rings. The molecule has 100 valence electrons. The van der Waals surface area contributed by atoms with E-state index in [4.69, 9.17) is 10.5 Å². The number of nitrogen functional groups attached to an aromatic ring is 1. The first kappa shape index (κ1) is 14.3. The van der Waals surface area contributed by atoms with Gasteiger partial charge in [0.1, 0.15) is 0 Å². The standard InChI is InChI=1S/C13H20N2O3/c1-13(2,17)8-15(3)12(16)9-6-5-7-10(14)11(9)18-4/h5-7,17H,8,14H2,1-4H3. The van der Waals surface area contributed by atoms with Gasteiger partial charge in [-0.25, -0.2) is 0 Å². The second-order valence-electron chi connectivity index (χ2n) is 4.90. The first-order chi connectivity index (χ1) is 8.26. The molecule has 0 atom stereocenters. The molecule has 1 rings (SSSR count). The van der Waals surface area contributed by atoms with E-state index >= 15 is 0 Å². The Bertz CT molecular complexity index is 438. The minimum atomic E-state index is -0.946. The van der Waals surface area contributed by atoms with Gasteiger partial charge in [-0.15, -0.1) is 0 Å². The average Bonchev–Trinajstić information content (AvgIpc) is 2.25. The van der Waals surface area contributed by atoms with Crippen molar-refractivity contribution in [3.63, 3.8) is 0 Å². The van der Waals surface area contributed by atoms with Crippen molar-refractivity contribution in [2.75, 3.05) is 26.4 Å². The highest BCUT2D eigenvalue weighted by molar-refractivity contribution is 5.98. The van der Waals surface area contributed by atoms with E-state index in [1.165, 1.54) is 12.0 Å². The van der Waals surface area contributed by atoms with Gasteiger partial charge < -0.3 is 20.5 Å². The fraction of sp³-hybridized carbons (Fsp3) is 0.462. The molecule has 3 N–H and O–H groups in total. The molecule has 5 heteroatoms. The number of benzene rings is 1. The number of nitrogens with two attached hydrogens (primary N) is 1. The number of methoxy groups -OCH3 is 1. The third-order valence-electron chi connectivity index (χ3n) is 2.45. The average molecular weight is 252 g/mol. The summed E-state index contributed by atoms with van der Waals surface area (Å²) in [4.78, 5) is 13.7. The van der Waals surface area contributed by atoms with Gasteiger partial charge in [-0.2, -0.15) is 0 Å². The number of rotatable bonds is 4. The minimum absolute atomic E-state index is 0.226. The molecule has 18 heavy (non-hydrogen) atoms. The molecule has 0 radical (unpaired) electrons. The molecule has 1 aromatic rings. The fourth-order valence-corrected chi connectivity index (χ4v) is 1.81. The van der Waals surface area contributed by atoms with Gasteiger partial charge in [0, 0.05) is 13.6 Å². The van der Waals surface area contributed by atoms with Crippen molar-refractivity contribution in [3.8, 4) is 5.75 Å². The summed E-state index contributed by atoms with van der Waals surface area (Å²) < 4.78 is 5.14. The Morgan fingerprint density at radius 1 is 1.50 bits per heavy atom. The Labute approximate surface area is 107 Å². The highest BCUT2D eigenvalue weighted by Crippen LogP contribution is 2.27. The summed E-state index contributed by atoms with van der Waals surface area (Å²) in [6.07, 6.45) is 0. The lowest BCUT2D eigenvalue weighted by Gasteiger charge is -2.26. The first-order valence-electron chi connectivity index (χ1n) is 5.66. The zero-order valence-corrected chi connectivity index (χ0v) is 11.2. The number of aliphatic hydroxyl groups is 1. The predicted molar refractivity (Wildman–Crippen MR) is 70.7 cm³/mol. The number of hydrogen-bond acceptors (Lipinski definition) is 4. The summed E-state index contributed by atoms with van der Waals surface area (Å²) in [5.74, 6) is 0.131. The van der Waals surface area contributed by atoms with Crippen LogP contribution in [-0.4, -0.2) is 42.2 Å². The number of amides is 1. The Kier molecular flexibility index (Phi) is 4.19. The lowest BCUT2D eigenvalue weighted by atomic mass is 10.1. The van der Waals surface area contributed by atoms with Gasteiger partial charge >= 0.3 is 0 Å². The number of carbonyl (C=O) groups is 1. The van der Waals surface area contributed by atoms with Crippen LogP contribution in [0.15, 0.2) is 18.2 Å². The number of nitrogens with zero attached hydrogens (tertiary/aromatic N) is 1. The van der Waals surface area contributed by atoms with E-state index in [9.17, 15) is 9.90 Å². The van der Waals surface area contributed by atoms with E-state index in [2.05, 4.69) is 0 Å². The van der Waals surface area contributed by atoms with E-state index in [1.54, 1.807) is 39.1 Å². The molecular formula is C13H20N2O3. The van der Waals surface area contributed by atoms with E-state index in [1.807, 2.05) is 0 Å². The minimum Gasteiger partial charge on any atom is -0.494 e. The number of carbonyl (C=O) groups excluding carboxylic acids is 1. The summed E-state index contributed by atoms with van der Waals surface area (Å²) in [7, 11) is 3.10. The van der Waals surface area contributed by atoms with Gasteiger partial charge in [0.2, 0.25) is 0 Å². The molecule has 1 amide bonds. The zero-order valence-electron chi connectivity index (χ0n) is 11.2. The monoisotopic (exact) mass is 252 g/mol. The largest absolute Gasteiger partial charge is 0.494 e. The lowest BCUT2D eigenvalue weighted by molar-refractivity contribution is 0.0366. The van der Waals surface area contributed by atoms with Crippen molar-refractivity contribution >= 4 is 11.6 Å². The summed E-state index contributed by atoms with van der Waals surface area (Å²) >= 11 is 0. The Balaban J connectivity index is 3.01. The normalized spacial score (nSPS) is 11.2. The van der Waals surface area contributed by atoms with Crippen LogP contribution in [0.5, 0.6) is 5.75 Å². The number of hydrogen-bond donors (Lipinski definition) is 2. The van der Waals surface area contributed by atoms with Crippen LogP contribution in [-0.2, 0) is 0 Å². The topological polar surface area (TPSA) is 75.8 Å². The molecular weight excluding hydrogens is 232 g/mol. The van der Waals surface area contributed by atoms with Crippen molar-refractivity contribution in [1.29, 1.82) is 0 Å². The first-order valence-corrected chi connectivity index (χ1v) is 5.66. The third-order valence-corrected chi connectivity index (χ3v) is 2.45. The Morgan fingerprint density at radius 3 is 2.61 bits per heavy atom. The predicted octanol–water partition coefficient (Wildman–Crippen LogP) is 1.12. The van der Waals surface area contributed by atoms with Crippen LogP contribution in [0.25, 0.3) is 0 Å². The van der Waals surface area contributed by atoms with E-state index in [0.717, 1.165) is 0 Å². The maximum Gasteiger partial charge on any atom is 0.257 e. The molecule has 1 aromatic carbocycles. The molecule has 5 nitrogen and oxygen atoms in total. The molecule has 0 spiro atoms. The van der Waals surface area contributed by atoms with Crippen LogP contribution in [0.2, 0.25) is 0 Å². The van der Waals surface area contributed by atoms with E-state index in [0.29, 0.717) is 17.0 Å². The summed E-state index contributed by atoms with van der Waals surface area (Å²) in [5, 5.41) is 9.72. The molecule has 0 heterocycles. The van der Waals surface area contributed by atoms with E-state index < -0.39 is 5.60 Å². The quantitative estimate of drug-likeness (QED) is 0.787. The summed E-state index contributed by atoms with van der Waals surface area (Å²) in [6.45, 7) is 3.52. The van der Waals surface area contributed by atoms with Crippen molar-refractivity contribution in [1.82, 2.24) is 4.90 Å². The number of likely N-dealkylation sites (N-methyl/N-ethyl adjacent to an activating group) is 1. The van der Waals surface area contributed by atoms with Crippen molar-refractivity contribution in [3.05, 3.63) is 23.8 Å². The van der Waals surface area contributed by atoms with Crippen LogP contribution in [0.1, 0.15) is 24.2 Å². The molecule has 0 aromatic heterocycles. The highest BCUT2D eigenvalue weighted by Gasteiger charge is 2.23. The smallest absolute Gasteiger partial charge is 0.257 e. The van der Waals surface area contributed by atoms with Gasteiger partial charge in [-0.05, 0) is 26.0 Å². The van der Waals surface area contributed by atoms with Crippen molar-refractivity contribution in [2.45, 2.75) is 19.4 Å². The molecule has 0 fully saturated rings. The second kappa shape index (κ2) is 5.27. The second-order valence-corrected chi connectivity index (χ2v) is 4.90. The third kappa shape index (κ3) is 3.37. The van der Waals surface area contributed by atoms with Crippen LogP contribution in [0.4, 0.5) is 5.69 Å². The van der Waals surface area contributed by atoms with Crippen LogP contribution in [0, 0.1) is 0 Å². The number of para-hydroxylation sites is 1. The van der Waals surface area contributed by atoms with Crippen molar-refractivity contribution in [2.24, 2.45) is 0 Å². The van der Waals surface area contributed by atoms with Gasteiger partial charge in [0.15, 0.2) is 5.75 Å². The van der Waals surface area contributed by atoms with Crippen LogP contribution in [0.3, 0.4) is 0 Å². The summed E-state index contributed by atoms with van der Waals surface area (Å²) in [6, 6.07) is 5.02. The van der Waals surface area contributed by atoms with Gasteiger partial charge in [-0.3, -0.25) is 4.79 Å². The van der Waals surface area contributed by atoms with Crippen LogP contribution < -0.4 is 10.5 Å². The Morgan fingerprint density at radius 2 is 2.11 bits per heavy atom. The molecule has 0 bridgehead atoms. The lowest BCUT2D eigenvalue weighted by Crippen LogP contribution is -2.39. The molecule has 0 saturated heterocycles. The molecule has 0 aliphatic heterocycles. The molecule has 0 unspecified atom stereocenters. The maximum absolute atomic E-state index is 12.2. The maximum atomic E-state index is 12.2. The van der Waals surface area contributed by atoms with Gasteiger partial charge in [0.25, 0.3) is 5.91 Å². The van der Waals surface area contributed by atoms with Crippen molar-refractivity contribution < 1.29 is 14.6 Å². The Hall–Kier alpha value is -1.75. The molecule has 0 saturated carbocycles. The SMILES string of the molecule is COc1c(N)cccc1C(=O)N(C)CC(C)(C)O. The van der Waals surface area contributed by atoms with E-state index in [-0.39, 0.29) is 12.5 Å². The number of anilines is 1. The fourth-order valence-electron chi connectivity index (χ4n) is 1.81. The summed E-state index contributed by atoms with van der Waals surface area (Å²) in [5.41, 5.74) is 5.61. The van der Waals surface area contributed by atoms with Gasteiger partial charge in [-0.1, -0.05) is 6.07 Å². The number of ether oxygens (including phenoxy) is 1. The zero-order chi connectivity index (χ0) is 13.9. The van der Waals surface area contributed by atoms with Gasteiger partial charge in [0.05, 0.1) is 24.0 Å². The van der Waals surface area contributed by atoms with Crippen LogP contribution >= 0.6 is 0 Å².